The molecule has 1 aromatic heterocycles. The Balaban J connectivity index is 1.78. The minimum Gasteiger partial charge on any atom is -0.493 e. The van der Waals surface area contributed by atoms with Crippen LogP contribution in [0.2, 0.25) is 0 Å². The molecule has 0 spiro atoms. The first kappa shape index (κ1) is 23.4. The van der Waals surface area contributed by atoms with Crippen molar-refractivity contribution in [1.29, 1.82) is 0 Å². The molecule has 3 aromatic rings. The number of carbonyl (C=O) groups excluding carboxylic acids is 1. The summed E-state index contributed by atoms with van der Waals surface area (Å²) >= 11 is 0. The number of nitrogens with one attached hydrogen (secondary N) is 1. The largest absolute Gasteiger partial charge is 0.493 e. The summed E-state index contributed by atoms with van der Waals surface area (Å²) in [6.07, 6.45) is 1.50. The molecule has 0 saturated heterocycles. The zero-order valence-corrected chi connectivity index (χ0v) is 19.4. The number of halogens is 1. The predicted octanol–water partition coefficient (Wildman–Crippen LogP) is 4.84. The Hall–Kier alpha value is -3.28. The van der Waals surface area contributed by atoms with Gasteiger partial charge in [-0.15, -0.1) is 0 Å². The highest BCUT2D eigenvalue weighted by atomic mass is 19.1. The van der Waals surface area contributed by atoms with Crippen LogP contribution in [0.15, 0.2) is 42.5 Å². The van der Waals surface area contributed by atoms with Crippen LogP contribution in [-0.4, -0.2) is 31.2 Å². The molecule has 6 heteroatoms. The van der Waals surface area contributed by atoms with Crippen LogP contribution in [0.5, 0.6) is 11.5 Å². The molecule has 5 nitrogen and oxygen atoms in total. The maximum absolute atomic E-state index is 13.7. The molecule has 0 aliphatic carbocycles. The molecule has 1 heterocycles. The van der Waals surface area contributed by atoms with Crippen molar-refractivity contribution in [2.75, 3.05) is 20.8 Å². The number of carbonyl (C=O) groups is 1. The Labute approximate surface area is 189 Å². The van der Waals surface area contributed by atoms with Gasteiger partial charge in [-0.2, -0.15) is 0 Å². The van der Waals surface area contributed by atoms with Gasteiger partial charge in [-0.25, -0.2) is 4.39 Å². The third-order valence-corrected chi connectivity index (χ3v) is 5.86. The van der Waals surface area contributed by atoms with E-state index in [1.54, 1.807) is 20.3 Å². The second kappa shape index (κ2) is 10.4. The molecule has 0 bridgehead atoms. The molecule has 170 valence electrons. The zero-order valence-electron chi connectivity index (χ0n) is 19.4. The van der Waals surface area contributed by atoms with Gasteiger partial charge in [0.05, 0.1) is 14.2 Å². The fraction of sp³-hybridized carbons (Fsp3) is 0.346. The van der Waals surface area contributed by atoms with E-state index in [9.17, 15) is 9.18 Å². The molecular formula is C26H31FN2O3. The monoisotopic (exact) mass is 438 g/mol. The summed E-state index contributed by atoms with van der Waals surface area (Å²) in [4.78, 5) is 13.2. The Morgan fingerprint density at radius 1 is 1.03 bits per heavy atom. The van der Waals surface area contributed by atoms with Crippen LogP contribution in [0.1, 0.15) is 45.4 Å². The van der Waals surface area contributed by atoms with Crippen LogP contribution >= 0.6 is 0 Å². The molecule has 1 amide bonds. The quantitative estimate of drug-likeness (QED) is 0.520. The molecule has 3 rings (SSSR count). The van der Waals surface area contributed by atoms with Gasteiger partial charge in [-0.3, -0.25) is 4.79 Å². The minimum atomic E-state index is -0.277. The van der Waals surface area contributed by atoms with Gasteiger partial charge in [-0.05, 0) is 73.2 Å². The third-order valence-electron chi connectivity index (χ3n) is 5.86. The average molecular weight is 439 g/mol. The van der Waals surface area contributed by atoms with Crippen molar-refractivity contribution in [2.24, 2.45) is 0 Å². The molecule has 0 unspecified atom stereocenters. The van der Waals surface area contributed by atoms with E-state index in [0.29, 0.717) is 36.7 Å². The molecule has 0 atom stereocenters. The van der Waals surface area contributed by atoms with Gasteiger partial charge in [0.2, 0.25) is 0 Å². The molecule has 32 heavy (non-hydrogen) atoms. The Morgan fingerprint density at radius 2 is 1.78 bits per heavy atom. The van der Waals surface area contributed by atoms with E-state index in [4.69, 9.17) is 9.47 Å². The number of hydrogen-bond donors (Lipinski definition) is 1. The summed E-state index contributed by atoms with van der Waals surface area (Å²) in [5.74, 6) is 0.941. The lowest BCUT2D eigenvalue weighted by molar-refractivity contribution is 0.0944. The zero-order chi connectivity index (χ0) is 23.3. The third kappa shape index (κ3) is 4.96. The summed E-state index contributed by atoms with van der Waals surface area (Å²) < 4.78 is 26.3. The second-order valence-electron chi connectivity index (χ2n) is 7.80. The number of amides is 1. The molecule has 0 fully saturated rings. The molecule has 2 aromatic carbocycles. The van der Waals surface area contributed by atoms with E-state index in [0.717, 1.165) is 34.4 Å². The van der Waals surface area contributed by atoms with Gasteiger partial charge >= 0.3 is 0 Å². The van der Waals surface area contributed by atoms with Crippen molar-refractivity contribution in [3.8, 4) is 11.5 Å². The highest BCUT2D eigenvalue weighted by Gasteiger charge is 2.22. The number of benzene rings is 2. The maximum atomic E-state index is 13.7. The van der Waals surface area contributed by atoms with Crippen molar-refractivity contribution >= 4 is 5.91 Å². The summed E-state index contributed by atoms with van der Waals surface area (Å²) in [7, 11) is 3.21. The smallest absolute Gasteiger partial charge is 0.268 e. The summed E-state index contributed by atoms with van der Waals surface area (Å²) in [6, 6.07) is 12.3. The number of rotatable bonds is 9. The van der Waals surface area contributed by atoms with Crippen LogP contribution < -0.4 is 14.8 Å². The summed E-state index contributed by atoms with van der Waals surface area (Å²) in [5.41, 5.74) is 5.68. The highest BCUT2D eigenvalue weighted by Crippen LogP contribution is 2.28. The maximum Gasteiger partial charge on any atom is 0.268 e. The van der Waals surface area contributed by atoms with Crippen LogP contribution in [-0.2, 0) is 19.4 Å². The summed E-state index contributed by atoms with van der Waals surface area (Å²) in [6.45, 7) is 7.02. The van der Waals surface area contributed by atoms with Gasteiger partial charge in [-0.1, -0.05) is 25.1 Å². The van der Waals surface area contributed by atoms with Crippen LogP contribution in [0, 0.1) is 19.7 Å². The van der Waals surface area contributed by atoms with E-state index in [1.807, 2.05) is 42.7 Å². The van der Waals surface area contributed by atoms with Crippen molar-refractivity contribution in [2.45, 2.75) is 40.2 Å². The van der Waals surface area contributed by atoms with Gasteiger partial charge in [0.1, 0.15) is 11.5 Å². The predicted molar refractivity (Wildman–Crippen MR) is 124 cm³/mol. The first-order valence-electron chi connectivity index (χ1n) is 10.8. The van der Waals surface area contributed by atoms with E-state index in [-0.39, 0.29) is 11.7 Å². The lowest BCUT2D eigenvalue weighted by atomic mass is 10.1. The molecule has 0 aliphatic heterocycles. The molecule has 0 aliphatic rings. The van der Waals surface area contributed by atoms with Crippen molar-refractivity contribution < 1.29 is 18.7 Å². The van der Waals surface area contributed by atoms with E-state index < -0.39 is 0 Å². The SMILES string of the molecule is CCc1c(C)c(C(=O)NCCc2ccc(OC)c(OC)c2)n(Cc2cccc(F)c2)c1C. The average Bonchev–Trinajstić information content (AvgIpc) is 3.02. The van der Waals surface area contributed by atoms with Crippen LogP contribution in [0.25, 0.3) is 0 Å². The van der Waals surface area contributed by atoms with Crippen LogP contribution in [0.3, 0.4) is 0 Å². The van der Waals surface area contributed by atoms with Crippen molar-refractivity contribution in [3.63, 3.8) is 0 Å². The number of hydrogen-bond acceptors (Lipinski definition) is 3. The van der Waals surface area contributed by atoms with Gasteiger partial charge < -0.3 is 19.4 Å². The lowest BCUT2D eigenvalue weighted by Gasteiger charge is -2.14. The van der Waals surface area contributed by atoms with E-state index in [1.165, 1.54) is 12.1 Å². The van der Waals surface area contributed by atoms with Gasteiger partial charge in [0.25, 0.3) is 5.91 Å². The first-order valence-corrected chi connectivity index (χ1v) is 10.8. The van der Waals surface area contributed by atoms with Crippen LogP contribution in [0.4, 0.5) is 4.39 Å². The van der Waals surface area contributed by atoms with Crippen molar-refractivity contribution in [3.05, 3.63) is 81.9 Å². The lowest BCUT2D eigenvalue weighted by Crippen LogP contribution is -2.29. The first-order chi connectivity index (χ1) is 15.4. The topological polar surface area (TPSA) is 52.5 Å². The fourth-order valence-electron chi connectivity index (χ4n) is 4.22. The van der Waals surface area contributed by atoms with E-state index in [2.05, 4.69) is 12.2 Å². The molecule has 0 saturated carbocycles. The van der Waals surface area contributed by atoms with E-state index >= 15 is 0 Å². The molecular weight excluding hydrogens is 407 g/mol. The minimum absolute atomic E-state index is 0.123. The normalized spacial score (nSPS) is 10.8. The number of methoxy groups -OCH3 is 2. The Bertz CT molecular complexity index is 1100. The van der Waals surface area contributed by atoms with Gasteiger partial charge in [0, 0.05) is 18.8 Å². The Morgan fingerprint density at radius 3 is 2.44 bits per heavy atom. The number of aromatic nitrogens is 1. The number of ether oxygens (including phenoxy) is 2. The highest BCUT2D eigenvalue weighted by molar-refractivity contribution is 5.95. The summed E-state index contributed by atoms with van der Waals surface area (Å²) in [5, 5.41) is 3.05. The number of nitrogens with zero attached hydrogens (tertiary/aromatic N) is 1. The molecule has 1 N–H and O–H groups in total. The second-order valence-corrected chi connectivity index (χ2v) is 7.80. The Kier molecular flexibility index (Phi) is 7.57. The van der Waals surface area contributed by atoms with Gasteiger partial charge in [0.15, 0.2) is 11.5 Å². The van der Waals surface area contributed by atoms with Crippen molar-refractivity contribution in [1.82, 2.24) is 9.88 Å². The fourth-order valence-corrected chi connectivity index (χ4v) is 4.22. The standard InChI is InChI=1S/C26H31FN2O3/c1-6-22-17(2)25(29(18(22)3)16-20-8-7-9-21(27)14-20)26(30)28-13-12-19-10-11-23(31-4)24(15-19)32-5/h7-11,14-15H,6,12-13,16H2,1-5H3,(H,28,30). The molecule has 0 radical (unpaired) electrons.